The molecule has 8 heteroatoms. The Labute approximate surface area is 243 Å². The first-order chi connectivity index (χ1) is 19.3. The van der Waals surface area contributed by atoms with Crippen molar-refractivity contribution in [2.45, 2.75) is 96.5 Å². The van der Waals surface area contributed by atoms with Crippen LogP contribution in [0.4, 0.5) is 11.4 Å². The molecule has 0 radical (unpaired) electrons. The zero-order valence-corrected chi connectivity index (χ0v) is 24.7. The van der Waals surface area contributed by atoms with Gasteiger partial charge in [-0.15, -0.1) is 11.6 Å². The van der Waals surface area contributed by atoms with Gasteiger partial charge < -0.3 is 15.4 Å². The molecule has 2 N–H and O–H groups in total. The monoisotopic (exact) mass is 570 g/mol. The summed E-state index contributed by atoms with van der Waals surface area (Å²) < 4.78 is 5.86. The van der Waals surface area contributed by atoms with Gasteiger partial charge in [-0.25, -0.2) is 0 Å². The van der Waals surface area contributed by atoms with Crippen LogP contribution in [0.5, 0.6) is 0 Å². The SMILES string of the molecule is CCCCCCCC(CCC(C)Cl)OC(=O)C(C(=O)Nc1ccccc1)C(=O)c1ccccc1NC(=O)CCC. The van der Waals surface area contributed by atoms with Gasteiger partial charge in [0.2, 0.25) is 11.8 Å². The topological polar surface area (TPSA) is 102 Å². The number of halogens is 1. The lowest BCUT2D eigenvalue weighted by atomic mass is 9.94. The molecule has 0 heterocycles. The maximum atomic E-state index is 13.8. The number of alkyl halides is 1. The van der Waals surface area contributed by atoms with E-state index >= 15 is 0 Å². The molecule has 2 aromatic carbocycles. The van der Waals surface area contributed by atoms with Gasteiger partial charge in [-0.3, -0.25) is 19.2 Å². The number of hydrogen-bond donors (Lipinski definition) is 2. The van der Waals surface area contributed by atoms with E-state index in [1.165, 1.54) is 6.07 Å². The van der Waals surface area contributed by atoms with Crippen LogP contribution in [0.25, 0.3) is 0 Å². The zero-order chi connectivity index (χ0) is 29.3. The number of Topliss-reactive ketones (excluding diaryl/α,β-unsaturated/α-hetero) is 1. The predicted molar refractivity (Wildman–Crippen MR) is 161 cm³/mol. The third kappa shape index (κ3) is 11.5. The molecule has 0 saturated carbocycles. The average Bonchev–Trinajstić information content (AvgIpc) is 2.92. The van der Waals surface area contributed by atoms with Crippen LogP contribution in [0, 0.1) is 5.92 Å². The van der Waals surface area contributed by atoms with Crippen molar-refractivity contribution in [1.82, 2.24) is 0 Å². The largest absolute Gasteiger partial charge is 0.461 e. The van der Waals surface area contributed by atoms with Gasteiger partial charge in [-0.2, -0.15) is 0 Å². The summed E-state index contributed by atoms with van der Waals surface area (Å²) in [7, 11) is 0. The number of rotatable bonds is 18. The van der Waals surface area contributed by atoms with Gasteiger partial charge in [-0.1, -0.05) is 69.9 Å². The van der Waals surface area contributed by atoms with Crippen LogP contribution >= 0.6 is 11.6 Å². The number of amides is 2. The van der Waals surface area contributed by atoms with Crippen molar-refractivity contribution < 1.29 is 23.9 Å². The highest BCUT2D eigenvalue weighted by molar-refractivity contribution is 6.26. The molecule has 0 fully saturated rings. The average molecular weight is 571 g/mol. The van der Waals surface area contributed by atoms with E-state index in [0.29, 0.717) is 31.4 Å². The number of esters is 1. The van der Waals surface area contributed by atoms with E-state index in [1.54, 1.807) is 48.5 Å². The number of anilines is 2. The summed E-state index contributed by atoms with van der Waals surface area (Å²) in [4.78, 5) is 53.2. The maximum Gasteiger partial charge on any atom is 0.326 e. The second kappa shape index (κ2) is 18.2. The van der Waals surface area contributed by atoms with Crippen LogP contribution in [0.2, 0.25) is 0 Å². The van der Waals surface area contributed by atoms with Crippen molar-refractivity contribution in [3.05, 3.63) is 60.2 Å². The lowest BCUT2D eigenvalue weighted by molar-refractivity contribution is -0.154. The van der Waals surface area contributed by atoms with Crippen LogP contribution < -0.4 is 10.6 Å². The molecule has 0 bridgehead atoms. The summed E-state index contributed by atoms with van der Waals surface area (Å²) in [6.45, 7) is 5.91. The molecule has 7 nitrogen and oxygen atoms in total. The second-order valence-corrected chi connectivity index (χ2v) is 10.9. The molecule has 2 amide bonds. The Morgan fingerprint density at radius 2 is 1.48 bits per heavy atom. The Morgan fingerprint density at radius 1 is 0.800 bits per heavy atom. The molecule has 0 saturated heterocycles. The standard InChI is InChI=1S/C32H43ClN2O5/c1-4-6-7-8-12-18-25(22-21-23(3)33)40-32(39)29(31(38)34-24-16-10-9-11-17-24)30(37)26-19-13-14-20-27(26)35-28(36)15-5-2/h9-11,13-14,16-17,19-20,23,25,29H,4-8,12,15,18,21-22H2,1-3H3,(H,34,38)(H,35,36). The Hall–Kier alpha value is -3.19. The summed E-state index contributed by atoms with van der Waals surface area (Å²) in [5, 5.41) is 5.31. The van der Waals surface area contributed by atoms with Gasteiger partial charge in [0.1, 0.15) is 6.10 Å². The molecule has 0 aliphatic rings. The smallest absolute Gasteiger partial charge is 0.326 e. The molecule has 40 heavy (non-hydrogen) atoms. The Balaban J connectivity index is 2.33. The molecule has 218 valence electrons. The molecule has 3 unspecified atom stereocenters. The predicted octanol–water partition coefficient (Wildman–Crippen LogP) is 7.54. The molecule has 2 rings (SSSR count). The number of nitrogens with one attached hydrogen (secondary N) is 2. The van der Waals surface area contributed by atoms with Crippen molar-refractivity contribution in [2.24, 2.45) is 5.92 Å². The number of unbranched alkanes of at least 4 members (excludes halogenated alkanes) is 4. The highest BCUT2D eigenvalue weighted by atomic mass is 35.5. The van der Waals surface area contributed by atoms with Crippen molar-refractivity contribution in [3.8, 4) is 0 Å². The highest BCUT2D eigenvalue weighted by Gasteiger charge is 2.38. The van der Waals surface area contributed by atoms with Gasteiger partial charge in [0.15, 0.2) is 11.7 Å². The fraction of sp³-hybridized carbons (Fsp3) is 0.500. The minimum atomic E-state index is -1.75. The molecular formula is C32H43ClN2O5. The number of benzene rings is 2. The number of carbonyl (C=O) groups is 4. The summed E-state index contributed by atoms with van der Waals surface area (Å²) in [6.07, 6.45) is 7.51. The first kappa shape index (κ1) is 33.0. The fourth-order valence-corrected chi connectivity index (χ4v) is 4.48. The summed E-state index contributed by atoms with van der Waals surface area (Å²) in [6, 6.07) is 15.0. The number of para-hydroxylation sites is 2. The van der Waals surface area contributed by atoms with Crippen molar-refractivity contribution >= 4 is 46.5 Å². The molecule has 0 aromatic heterocycles. The van der Waals surface area contributed by atoms with Crippen molar-refractivity contribution in [2.75, 3.05) is 10.6 Å². The third-order valence-corrected chi connectivity index (χ3v) is 6.76. The van der Waals surface area contributed by atoms with E-state index < -0.39 is 29.7 Å². The van der Waals surface area contributed by atoms with E-state index in [1.807, 2.05) is 13.8 Å². The first-order valence-electron chi connectivity index (χ1n) is 14.4. The van der Waals surface area contributed by atoms with E-state index in [4.69, 9.17) is 16.3 Å². The van der Waals surface area contributed by atoms with E-state index in [0.717, 1.165) is 32.1 Å². The Bertz CT molecular complexity index is 1090. The van der Waals surface area contributed by atoms with Crippen LogP contribution in [0.3, 0.4) is 0 Å². The molecular weight excluding hydrogens is 528 g/mol. The zero-order valence-electron chi connectivity index (χ0n) is 23.9. The van der Waals surface area contributed by atoms with Gasteiger partial charge in [0.05, 0.1) is 5.69 Å². The van der Waals surface area contributed by atoms with Crippen LogP contribution in [0.1, 0.15) is 95.3 Å². The molecule has 0 spiro atoms. The lowest BCUT2D eigenvalue weighted by Crippen LogP contribution is -2.39. The van der Waals surface area contributed by atoms with Crippen molar-refractivity contribution in [1.29, 1.82) is 0 Å². The molecule has 3 atom stereocenters. The quantitative estimate of drug-likeness (QED) is 0.0633. The Kier molecular flexibility index (Phi) is 15.0. The molecule has 0 aliphatic carbocycles. The van der Waals surface area contributed by atoms with Gasteiger partial charge in [0, 0.05) is 23.0 Å². The van der Waals surface area contributed by atoms with E-state index in [2.05, 4.69) is 17.6 Å². The number of ether oxygens (including phenoxy) is 1. The van der Waals surface area contributed by atoms with Crippen LogP contribution in [-0.2, 0) is 19.1 Å². The summed E-state index contributed by atoms with van der Waals surface area (Å²) in [5.41, 5.74) is 0.772. The third-order valence-electron chi connectivity index (χ3n) is 6.54. The summed E-state index contributed by atoms with van der Waals surface area (Å²) >= 11 is 6.18. The van der Waals surface area contributed by atoms with E-state index in [9.17, 15) is 19.2 Å². The van der Waals surface area contributed by atoms with Gasteiger partial charge in [0.25, 0.3) is 0 Å². The van der Waals surface area contributed by atoms with E-state index in [-0.39, 0.29) is 29.0 Å². The van der Waals surface area contributed by atoms with Gasteiger partial charge >= 0.3 is 5.97 Å². The normalized spacial score (nSPS) is 13.1. The summed E-state index contributed by atoms with van der Waals surface area (Å²) in [5.74, 6) is -4.44. The number of carbonyl (C=O) groups excluding carboxylic acids is 4. The first-order valence-corrected chi connectivity index (χ1v) is 14.8. The minimum absolute atomic E-state index is 0.0719. The Morgan fingerprint density at radius 3 is 2.15 bits per heavy atom. The minimum Gasteiger partial charge on any atom is -0.461 e. The highest BCUT2D eigenvalue weighted by Crippen LogP contribution is 2.24. The molecule has 0 aliphatic heterocycles. The van der Waals surface area contributed by atoms with Crippen LogP contribution in [-0.4, -0.2) is 35.0 Å². The lowest BCUT2D eigenvalue weighted by Gasteiger charge is -2.22. The van der Waals surface area contributed by atoms with Crippen molar-refractivity contribution in [3.63, 3.8) is 0 Å². The fourth-order valence-electron chi connectivity index (χ4n) is 4.36. The number of ketones is 1. The second-order valence-electron chi connectivity index (χ2n) is 10.1. The maximum absolute atomic E-state index is 13.8. The number of hydrogen-bond acceptors (Lipinski definition) is 5. The molecule has 2 aromatic rings. The van der Waals surface area contributed by atoms with Crippen LogP contribution in [0.15, 0.2) is 54.6 Å². The van der Waals surface area contributed by atoms with Gasteiger partial charge in [-0.05, 0) is 63.3 Å².